The Morgan fingerprint density at radius 3 is 2.57 bits per heavy atom. The first-order valence-corrected chi connectivity index (χ1v) is 12.3. The van der Waals surface area contributed by atoms with Crippen molar-refractivity contribution in [2.24, 2.45) is 0 Å². The average Bonchev–Trinajstić information content (AvgIpc) is 2.84. The number of phenolic OH excluding ortho intramolecular Hbond substituents is 1. The third-order valence-electron chi connectivity index (χ3n) is 6.08. The molecule has 0 aromatic heterocycles. The standard InChI is InChI=1S/C26H31ClF3N5O2/c1-34-14-11-18(23(17-34)33-16-20-4-2-3-5-22(20)27)10-13-32-25(37)35(15-12-26(28,29)30)24(31)19-6-8-21(36)9-7-19/h2-9,31,33,36H,10-17H2,1H3,(H,32,37). The first kappa shape index (κ1) is 28.3. The zero-order chi connectivity index (χ0) is 27.0. The number of hydrogen-bond donors (Lipinski definition) is 4. The van der Waals surface area contributed by atoms with Gasteiger partial charge in [0, 0.05) is 49.0 Å². The highest BCUT2D eigenvalue weighted by Gasteiger charge is 2.31. The molecule has 0 spiro atoms. The Bertz CT molecular complexity index is 1120. The molecule has 3 rings (SSSR count). The average molecular weight is 538 g/mol. The van der Waals surface area contributed by atoms with Gasteiger partial charge in [-0.05, 0) is 61.4 Å². The summed E-state index contributed by atoms with van der Waals surface area (Å²) in [6.07, 6.45) is -4.41. The number of carbonyl (C=O) groups excluding carboxylic acids is 1. The minimum Gasteiger partial charge on any atom is -0.508 e. The second-order valence-corrected chi connectivity index (χ2v) is 9.32. The molecule has 0 unspecified atom stereocenters. The molecular formula is C26H31ClF3N5O2. The van der Waals surface area contributed by atoms with Crippen LogP contribution in [-0.2, 0) is 6.54 Å². The van der Waals surface area contributed by atoms with Crippen LogP contribution in [0, 0.1) is 5.41 Å². The van der Waals surface area contributed by atoms with Crippen molar-refractivity contribution in [3.8, 4) is 5.75 Å². The number of nitrogens with one attached hydrogen (secondary N) is 3. The summed E-state index contributed by atoms with van der Waals surface area (Å²) >= 11 is 6.27. The van der Waals surface area contributed by atoms with Crippen LogP contribution < -0.4 is 10.6 Å². The number of halogens is 4. The van der Waals surface area contributed by atoms with Gasteiger partial charge < -0.3 is 20.6 Å². The molecule has 0 saturated heterocycles. The number of urea groups is 1. The smallest absolute Gasteiger partial charge is 0.390 e. The van der Waals surface area contributed by atoms with Gasteiger partial charge in [0.1, 0.15) is 11.6 Å². The van der Waals surface area contributed by atoms with Gasteiger partial charge in [0.25, 0.3) is 0 Å². The van der Waals surface area contributed by atoms with E-state index in [-0.39, 0.29) is 23.7 Å². The van der Waals surface area contributed by atoms with E-state index in [9.17, 15) is 23.1 Å². The Morgan fingerprint density at radius 1 is 1.19 bits per heavy atom. The number of amidine groups is 1. The predicted molar refractivity (Wildman–Crippen MR) is 138 cm³/mol. The summed E-state index contributed by atoms with van der Waals surface area (Å²) in [5, 5.41) is 24.6. The van der Waals surface area contributed by atoms with Crippen molar-refractivity contribution >= 4 is 23.5 Å². The van der Waals surface area contributed by atoms with E-state index in [0.717, 1.165) is 34.7 Å². The Labute approximate surface area is 219 Å². The van der Waals surface area contributed by atoms with Gasteiger partial charge in [-0.1, -0.05) is 29.8 Å². The zero-order valence-electron chi connectivity index (χ0n) is 20.5. The number of amides is 2. The maximum absolute atomic E-state index is 12.9. The molecule has 1 aliphatic rings. The quantitative estimate of drug-likeness (QED) is 0.264. The number of nitrogens with zero attached hydrogens (tertiary/aromatic N) is 2. The SMILES string of the molecule is CN1CCC(CCNC(=O)N(CCC(F)(F)F)C(=N)c2ccc(O)cc2)=C(NCc2ccccc2Cl)C1. The summed E-state index contributed by atoms with van der Waals surface area (Å²) in [6.45, 7) is 1.63. The summed E-state index contributed by atoms with van der Waals surface area (Å²) in [4.78, 5) is 15.8. The van der Waals surface area contributed by atoms with Crippen molar-refractivity contribution < 1.29 is 23.1 Å². The number of likely N-dealkylation sites (N-methyl/N-ethyl adjacent to an activating group) is 1. The molecule has 200 valence electrons. The maximum atomic E-state index is 12.9. The highest BCUT2D eigenvalue weighted by molar-refractivity contribution is 6.31. The molecule has 0 fully saturated rings. The fraction of sp³-hybridized carbons (Fsp3) is 0.385. The van der Waals surface area contributed by atoms with E-state index >= 15 is 0 Å². The van der Waals surface area contributed by atoms with Crippen molar-refractivity contribution in [2.45, 2.75) is 32.0 Å². The third-order valence-corrected chi connectivity index (χ3v) is 6.45. The molecule has 7 nitrogen and oxygen atoms in total. The molecule has 0 saturated carbocycles. The first-order valence-electron chi connectivity index (χ1n) is 11.9. The van der Waals surface area contributed by atoms with Crippen molar-refractivity contribution in [3.05, 3.63) is 76.0 Å². The van der Waals surface area contributed by atoms with Gasteiger partial charge in [-0.25, -0.2) is 4.79 Å². The van der Waals surface area contributed by atoms with E-state index in [1.165, 1.54) is 24.3 Å². The molecule has 0 atom stereocenters. The summed E-state index contributed by atoms with van der Waals surface area (Å²) in [7, 11) is 2.02. The number of aromatic hydroxyl groups is 1. The second-order valence-electron chi connectivity index (χ2n) is 8.91. The van der Waals surface area contributed by atoms with Crippen LogP contribution >= 0.6 is 11.6 Å². The van der Waals surface area contributed by atoms with E-state index in [1.807, 2.05) is 31.3 Å². The zero-order valence-corrected chi connectivity index (χ0v) is 21.3. The van der Waals surface area contributed by atoms with Crippen molar-refractivity contribution in [1.29, 1.82) is 5.41 Å². The van der Waals surface area contributed by atoms with Gasteiger partial charge in [-0.3, -0.25) is 10.3 Å². The van der Waals surface area contributed by atoms with E-state index in [2.05, 4.69) is 15.5 Å². The highest BCUT2D eigenvalue weighted by Crippen LogP contribution is 2.22. The lowest BCUT2D eigenvalue weighted by molar-refractivity contribution is -0.135. The van der Waals surface area contributed by atoms with Crippen LogP contribution in [0.2, 0.25) is 5.02 Å². The molecule has 2 amide bonds. The second kappa shape index (κ2) is 12.8. The molecule has 0 aliphatic carbocycles. The fourth-order valence-corrected chi connectivity index (χ4v) is 4.18. The lowest BCUT2D eigenvalue weighted by Gasteiger charge is -2.29. The van der Waals surface area contributed by atoms with Gasteiger partial charge in [0.05, 0.1) is 6.42 Å². The van der Waals surface area contributed by atoms with Crippen molar-refractivity contribution in [1.82, 2.24) is 20.4 Å². The molecular weight excluding hydrogens is 507 g/mol. The Morgan fingerprint density at radius 2 is 1.89 bits per heavy atom. The normalized spacial score (nSPS) is 14.4. The molecule has 0 radical (unpaired) electrons. The number of benzene rings is 2. The van der Waals surface area contributed by atoms with Crippen LogP contribution in [0.4, 0.5) is 18.0 Å². The van der Waals surface area contributed by atoms with Crippen LogP contribution in [0.15, 0.2) is 59.8 Å². The molecule has 2 aromatic carbocycles. The Hall–Kier alpha value is -3.24. The van der Waals surface area contributed by atoms with E-state index in [0.29, 0.717) is 24.5 Å². The van der Waals surface area contributed by atoms with Gasteiger partial charge in [0.2, 0.25) is 0 Å². The third kappa shape index (κ3) is 8.68. The van der Waals surface area contributed by atoms with Gasteiger partial charge in [-0.2, -0.15) is 13.2 Å². The lowest BCUT2D eigenvalue weighted by Crippen LogP contribution is -2.45. The lowest BCUT2D eigenvalue weighted by atomic mass is 10.0. The molecule has 11 heteroatoms. The minimum absolute atomic E-state index is 0.0480. The predicted octanol–water partition coefficient (Wildman–Crippen LogP) is 5.10. The van der Waals surface area contributed by atoms with Crippen molar-refractivity contribution in [3.63, 3.8) is 0 Å². The highest BCUT2D eigenvalue weighted by atomic mass is 35.5. The number of carbonyl (C=O) groups is 1. The molecule has 0 bridgehead atoms. The minimum atomic E-state index is -4.48. The molecule has 1 aliphatic heterocycles. The molecule has 37 heavy (non-hydrogen) atoms. The van der Waals surface area contributed by atoms with Gasteiger partial charge >= 0.3 is 12.2 Å². The largest absolute Gasteiger partial charge is 0.508 e. The number of phenols is 1. The van der Waals surface area contributed by atoms with Gasteiger partial charge in [0.15, 0.2) is 0 Å². The maximum Gasteiger partial charge on any atom is 0.390 e. The van der Waals surface area contributed by atoms with Crippen LogP contribution in [0.1, 0.15) is 30.4 Å². The Kier molecular flexibility index (Phi) is 9.82. The van der Waals surface area contributed by atoms with E-state index in [1.54, 1.807) is 0 Å². The summed E-state index contributed by atoms with van der Waals surface area (Å²) in [6, 6.07) is 12.2. The van der Waals surface area contributed by atoms with Crippen molar-refractivity contribution in [2.75, 3.05) is 33.2 Å². The number of rotatable bonds is 9. The van der Waals surface area contributed by atoms with Crippen LogP contribution in [0.3, 0.4) is 0 Å². The summed E-state index contributed by atoms with van der Waals surface area (Å²) in [5.74, 6) is -0.421. The van der Waals surface area contributed by atoms with Gasteiger partial charge in [-0.15, -0.1) is 0 Å². The molecule has 2 aromatic rings. The Balaban J connectivity index is 1.65. The number of hydrogen-bond acceptors (Lipinski definition) is 5. The molecule has 1 heterocycles. The monoisotopic (exact) mass is 537 g/mol. The topological polar surface area (TPSA) is 91.7 Å². The first-order chi connectivity index (χ1) is 17.5. The summed E-state index contributed by atoms with van der Waals surface area (Å²) in [5.41, 5.74) is 3.35. The number of alkyl halides is 3. The van der Waals surface area contributed by atoms with E-state index < -0.39 is 25.2 Å². The van der Waals surface area contributed by atoms with Crippen LogP contribution in [0.5, 0.6) is 5.75 Å². The van der Waals surface area contributed by atoms with Crippen LogP contribution in [-0.4, -0.2) is 66.2 Å². The molecule has 4 N–H and O–H groups in total. The summed E-state index contributed by atoms with van der Waals surface area (Å²) < 4.78 is 38.7. The van der Waals surface area contributed by atoms with E-state index in [4.69, 9.17) is 17.0 Å². The fourth-order valence-electron chi connectivity index (χ4n) is 3.98. The van der Waals surface area contributed by atoms with Crippen LogP contribution in [0.25, 0.3) is 0 Å².